The molecule has 0 saturated carbocycles. The number of phenols is 1. The molecule has 2 N–H and O–H groups in total. The Labute approximate surface area is 149 Å². The molecule has 5 nitrogen and oxygen atoms in total. The summed E-state index contributed by atoms with van der Waals surface area (Å²) in [7, 11) is 0. The number of anilines is 1. The first kappa shape index (κ1) is 17.6. The Balaban J connectivity index is 1.41. The van der Waals surface area contributed by atoms with Crippen molar-refractivity contribution in [1.29, 1.82) is 0 Å². The number of β-amino-alcohol motifs (C(OH)–C–C–N with tert-alkyl or cyclic N) is 1. The smallest absolute Gasteiger partial charge is 0.119 e. The molecule has 0 bridgehead atoms. The molecule has 1 heterocycles. The standard InChI is InChI=1S/C20H26N2O3/c1-16-3-2-4-17(13-16)22-11-9-21(10-12-22)14-19(24)15-25-20-7-5-18(23)6-8-20/h2-8,13,19,23-24H,9-12,14-15H2,1H3/t19-/m0/s1. The number of rotatable bonds is 6. The summed E-state index contributed by atoms with van der Waals surface area (Å²) in [6, 6.07) is 15.1. The minimum Gasteiger partial charge on any atom is -0.508 e. The highest BCUT2D eigenvalue weighted by Crippen LogP contribution is 2.18. The van der Waals surface area contributed by atoms with Crippen LogP contribution in [0.1, 0.15) is 5.56 Å². The second kappa shape index (κ2) is 8.23. The van der Waals surface area contributed by atoms with Crippen LogP contribution in [0.4, 0.5) is 5.69 Å². The molecule has 0 aromatic heterocycles. The molecule has 1 saturated heterocycles. The van der Waals surface area contributed by atoms with Crippen molar-refractivity contribution in [3.63, 3.8) is 0 Å². The molecule has 1 atom stereocenters. The van der Waals surface area contributed by atoms with E-state index in [2.05, 4.69) is 41.0 Å². The van der Waals surface area contributed by atoms with E-state index in [9.17, 15) is 10.2 Å². The maximum atomic E-state index is 10.2. The number of aromatic hydroxyl groups is 1. The minimum absolute atomic E-state index is 0.208. The summed E-state index contributed by atoms with van der Waals surface area (Å²) in [6.45, 7) is 6.78. The Morgan fingerprint density at radius 3 is 2.44 bits per heavy atom. The van der Waals surface area contributed by atoms with Crippen molar-refractivity contribution in [2.45, 2.75) is 13.0 Å². The van der Waals surface area contributed by atoms with Crippen molar-refractivity contribution in [2.75, 3.05) is 44.2 Å². The van der Waals surface area contributed by atoms with Crippen LogP contribution in [0.3, 0.4) is 0 Å². The molecule has 0 amide bonds. The Hall–Kier alpha value is -2.24. The monoisotopic (exact) mass is 342 g/mol. The third-order valence-electron chi connectivity index (χ3n) is 4.49. The number of ether oxygens (including phenoxy) is 1. The van der Waals surface area contributed by atoms with E-state index >= 15 is 0 Å². The number of piperazine rings is 1. The fourth-order valence-electron chi connectivity index (χ4n) is 3.10. The lowest BCUT2D eigenvalue weighted by Gasteiger charge is -2.37. The second-order valence-corrected chi connectivity index (χ2v) is 6.59. The maximum absolute atomic E-state index is 10.2. The first-order valence-corrected chi connectivity index (χ1v) is 8.74. The summed E-state index contributed by atoms with van der Waals surface area (Å²) in [4.78, 5) is 4.67. The van der Waals surface area contributed by atoms with Crippen LogP contribution < -0.4 is 9.64 Å². The lowest BCUT2D eigenvalue weighted by molar-refractivity contribution is 0.0663. The zero-order valence-electron chi connectivity index (χ0n) is 14.6. The van der Waals surface area contributed by atoms with Gasteiger partial charge in [-0.1, -0.05) is 12.1 Å². The van der Waals surface area contributed by atoms with Gasteiger partial charge in [0.2, 0.25) is 0 Å². The molecule has 1 fully saturated rings. The molecule has 0 spiro atoms. The number of aliphatic hydroxyl groups is 1. The third-order valence-corrected chi connectivity index (χ3v) is 4.49. The molecule has 5 heteroatoms. The van der Waals surface area contributed by atoms with Gasteiger partial charge in [-0.25, -0.2) is 0 Å². The number of aliphatic hydroxyl groups excluding tert-OH is 1. The van der Waals surface area contributed by atoms with Crippen molar-refractivity contribution < 1.29 is 14.9 Å². The Bertz CT molecular complexity index is 667. The van der Waals surface area contributed by atoms with Crippen LogP contribution in [0.25, 0.3) is 0 Å². The van der Waals surface area contributed by atoms with Crippen LogP contribution in [-0.4, -0.2) is 60.5 Å². The van der Waals surface area contributed by atoms with E-state index in [-0.39, 0.29) is 12.4 Å². The summed E-state index contributed by atoms with van der Waals surface area (Å²) in [6.07, 6.45) is -0.528. The van der Waals surface area contributed by atoms with Gasteiger partial charge >= 0.3 is 0 Å². The number of aryl methyl sites for hydroxylation is 1. The van der Waals surface area contributed by atoms with Crippen molar-refractivity contribution >= 4 is 5.69 Å². The van der Waals surface area contributed by atoms with E-state index in [4.69, 9.17) is 4.74 Å². The molecule has 134 valence electrons. The van der Waals surface area contributed by atoms with Crippen LogP contribution in [0.5, 0.6) is 11.5 Å². The van der Waals surface area contributed by atoms with Gasteiger partial charge < -0.3 is 19.8 Å². The van der Waals surface area contributed by atoms with Crippen LogP contribution in [0.15, 0.2) is 48.5 Å². The Morgan fingerprint density at radius 1 is 1.04 bits per heavy atom. The largest absolute Gasteiger partial charge is 0.508 e. The molecule has 0 unspecified atom stereocenters. The van der Waals surface area contributed by atoms with Gasteiger partial charge in [-0.2, -0.15) is 0 Å². The fraction of sp³-hybridized carbons (Fsp3) is 0.400. The van der Waals surface area contributed by atoms with E-state index in [0.717, 1.165) is 26.2 Å². The van der Waals surface area contributed by atoms with Crippen LogP contribution >= 0.6 is 0 Å². The van der Waals surface area contributed by atoms with Gasteiger partial charge in [0, 0.05) is 38.4 Å². The lowest BCUT2D eigenvalue weighted by Crippen LogP contribution is -2.49. The fourth-order valence-corrected chi connectivity index (χ4v) is 3.10. The van der Waals surface area contributed by atoms with E-state index in [1.165, 1.54) is 11.3 Å². The molecule has 2 aromatic carbocycles. The highest BCUT2D eigenvalue weighted by atomic mass is 16.5. The predicted molar refractivity (Wildman–Crippen MR) is 99.4 cm³/mol. The van der Waals surface area contributed by atoms with Gasteiger partial charge in [0.05, 0.1) is 0 Å². The van der Waals surface area contributed by atoms with E-state index in [1.54, 1.807) is 24.3 Å². The van der Waals surface area contributed by atoms with Crippen molar-refractivity contribution in [2.24, 2.45) is 0 Å². The van der Waals surface area contributed by atoms with Gasteiger partial charge in [-0.15, -0.1) is 0 Å². The average Bonchev–Trinajstić information content (AvgIpc) is 2.62. The third kappa shape index (κ3) is 5.11. The molecule has 0 radical (unpaired) electrons. The highest BCUT2D eigenvalue weighted by molar-refractivity contribution is 5.48. The number of hydrogen-bond donors (Lipinski definition) is 2. The zero-order chi connectivity index (χ0) is 17.6. The lowest BCUT2D eigenvalue weighted by atomic mass is 10.2. The van der Waals surface area contributed by atoms with E-state index in [0.29, 0.717) is 12.3 Å². The predicted octanol–water partition coefficient (Wildman–Crippen LogP) is 2.26. The number of nitrogens with zero attached hydrogens (tertiary/aromatic N) is 2. The van der Waals surface area contributed by atoms with Gasteiger partial charge in [0.1, 0.15) is 24.2 Å². The highest BCUT2D eigenvalue weighted by Gasteiger charge is 2.19. The molecule has 0 aliphatic carbocycles. The Morgan fingerprint density at radius 2 is 1.76 bits per heavy atom. The number of hydrogen-bond acceptors (Lipinski definition) is 5. The van der Waals surface area contributed by atoms with Crippen molar-refractivity contribution in [3.05, 3.63) is 54.1 Å². The van der Waals surface area contributed by atoms with Crippen LogP contribution in [-0.2, 0) is 0 Å². The van der Waals surface area contributed by atoms with Gasteiger partial charge in [0.25, 0.3) is 0 Å². The molecular weight excluding hydrogens is 316 g/mol. The summed E-state index contributed by atoms with van der Waals surface area (Å²) in [5, 5.41) is 19.5. The van der Waals surface area contributed by atoms with Gasteiger partial charge in [-0.3, -0.25) is 4.90 Å². The number of benzene rings is 2. The molecule has 25 heavy (non-hydrogen) atoms. The Kier molecular flexibility index (Phi) is 5.79. The van der Waals surface area contributed by atoms with Crippen molar-refractivity contribution in [1.82, 2.24) is 4.90 Å². The maximum Gasteiger partial charge on any atom is 0.119 e. The quantitative estimate of drug-likeness (QED) is 0.843. The summed E-state index contributed by atoms with van der Waals surface area (Å²) in [5.41, 5.74) is 2.55. The second-order valence-electron chi connectivity index (χ2n) is 6.59. The molecule has 3 rings (SSSR count). The summed E-state index contributed by atoms with van der Waals surface area (Å²) in [5.74, 6) is 0.862. The zero-order valence-corrected chi connectivity index (χ0v) is 14.6. The molecule has 2 aromatic rings. The first-order chi connectivity index (χ1) is 12.1. The molecule has 1 aliphatic heterocycles. The van der Waals surface area contributed by atoms with E-state index < -0.39 is 6.10 Å². The molecular formula is C20H26N2O3. The minimum atomic E-state index is -0.528. The van der Waals surface area contributed by atoms with Gasteiger partial charge in [-0.05, 0) is 48.9 Å². The summed E-state index contributed by atoms with van der Waals surface area (Å²) < 4.78 is 5.57. The van der Waals surface area contributed by atoms with Gasteiger partial charge in [0.15, 0.2) is 0 Å². The van der Waals surface area contributed by atoms with Crippen LogP contribution in [0.2, 0.25) is 0 Å². The van der Waals surface area contributed by atoms with Crippen LogP contribution in [0, 0.1) is 6.92 Å². The SMILES string of the molecule is Cc1cccc(N2CCN(C[C@H](O)COc3ccc(O)cc3)CC2)c1. The van der Waals surface area contributed by atoms with Crippen molar-refractivity contribution in [3.8, 4) is 11.5 Å². The average molecular weight is 342 g/mol. The topological polar surface area (TPSA) is 56.2 Å². The van der Waals surface area contributed by atoms with E-state index in [1.807, 2.05) is 0 Å². The normalized spacial score (nSPS) is 16.6. The summed E-state index contributed by atoms with van der Waals surface area (Å²) >= 11 is 0. The number of phenolic OH excluding ortho intramolecular Hbond substituents is 1. The first-order valence-electron chi connectivity index (χ1n) is 8.74. The molecule has 1 aliphatic rings.